The van der Waals surface area contributed by atoms with Gasteiger partial charge in [-0.1, -0.05) is 11.3 Å². The van der Waals surface area contributed by atoms with Crippen LogP contribution >= 0.6 is 11.3 Å². The zero-order valence-electron chi connectivity index (χ0n) is 11.7. The number of nitrogens with zero attached hydrogens (tertiary/aromatic N) is 2. The first-order valence-electron chi connectivity index (χ1n) is 6.61. The number of hydrogen-bond donors (Lipinski definition) is 2. The first kappa shape index (κ1) is 14.5. The van der Waals surface area contributed by atoms with E-state index in [4.69, 9.17) is 0 Å². The molecule has 1 aliphatic rings. The second-order valence-corrected chi connectivity index (χ2v) is 8.06. The van der Waals surface area contributed by atoms with Crippen LogP contribution in [-0.4, -0.2) is 23.2 Å². The number of hydrogen-bond acceptors (Lipinski definition) is 5. The minimum Gasteiger partial charge on any atom is -0.315 e. The highest BCUT2D eigenvalue weighted by molar-refractivity contribution is 7.91. The summed E-state index contributed by atoms with van der Waals surface area (Å²) in [5.74, 6) is 0. The van der Waals surface area contributed by atoms with Gasteiger partial charge in [0.05, 0.1) is 12.2 Å². The maximum atomic E-state index is 12.5. The zero-order chi connectivity index (χ0) is 15.2. The quantitative estimate of drug-likeness (QED) is 0.872. The third-order valence-corrected chi connectivity index (χ3v) is 6.77. The Labute approximate surface area is 126 Å². The molecule has 2 heterocycles. The average molecular weight is 328 g/mol. The number of aromatic nitrogens is 3. The summed E-state index contributed by atoms with van der Waals surface area (Å²) in [7, 11) is -1.84. The van der Waals surface area contributed by atoms with E-state index in [9.17, 15) is 13.2 Å². The van der Waals surface area contributed by atoms with Gasteiger partial charge < -0.3 is 4.98 Å². The van der Waals surface area contributed by atoms with Gasteiger partial charge in [0, 0.05) is 24.0 Å². The van der Waals surface area contributed by atoms with Gasteiger partial charge in [-0.25, -0.2) is 13.1 Å². The molecule has 2 aromatic heterocycles. The van der Waals surface area contributed by atoms with Crippen LogP contribution in [0.4, 0.5) is 0 Å². The molecule has 0 radical (unpaired) electrons. The first-order chi connectivity index (χ1) is 9.88. The minimum atomic E-state index is -3.70. The fourth-order valence-corrected chi connectivity index (χ4v) is 5.28. The van der Waals surface area contributed by atoms with Gasteiger partial charge in [0.15, 0.2) is 4.21 Å². The monoisotopic (exact) mass is 328 g/mol. The van der Waals surface area contributed by atoms with Gasteiger partial charge in [0.25, 0.3) is 10.0 Å². The number of H-pyrrole nitrogens is 1. The maximum absolute atomic E-state index is 12.5. The van der Waals surface area contributed by atoms with Crippen molar-refractivity contribution in [1.82, 2.24) is 19.5 Å². The van der Waals surface area contributed by atoms with E-state index < -0.39 is 10.0 Å². The Morgan fingerprint density at radius 1 is 1.52 bits per heavy atom. The molecule has 3 rings (SSSR count). The molecule has 1 unspecified atom stereocenters. The molecule has 0 fully saturated rings. The SMILES string of the molecule is Cc1[nH]c(=O)sc1S(=O)(=O)NC1CCCc2c1cnn2C. The summed E-state index contributed by atoms with van der Waals surface area (Å²) in [6, 6.07) is -0.288. The van der Waals surface area contributed by atoms with Crippen molar-refractivity contribution in [3.05, 3.63) is 32.8 Å². The molecule has 0 saturated heterocycles. The van der Waals surface area contributed by atoms with E-state index in [-0.39, 0.29) is 15.1 Å². The molecule has 0 bridgehead atoms. The first-order valence-corrected chi connectivity index (χ1v) is 8.91. The van der Waals surface area contributed by atoms with Crippen LogP contribution in [0.2, 0.25) is 0 Å². The van der Waals surface area contributed by atoms with Crippen LogP contribution in [-0.2, 0) is 23.5 Å². The van der Waals surface area contributed by atoms with Crippen molar-refractivity contribution in [1.29, 1.82) is 0 Å². The molecule has 2 N–H and O–H groups in total. The molecule has 7 nitrogen and oxygen atoms in total. The normalized spacial score (nSPS) is 18.7. The summed E-state index contributed by atoms with van der Waals surface area (Å²) in [4.78, 5) is 13.4. The van der Waals surface area contributed by atoms with E-state index >= 15 is 0 Å². The Bertz CT molecular complexity index is 831. The number of nitrogens with one attached hydrogen (secondary N) is 2. The van der Waals surface area contributed by atoms with Crippen molar-refractivity contribution in [3.8, 4) is 0 Å². The minimum absolute atomic E-state index is 0.0588. The molecule has 9 heteroatoms. The van der Waals surface area contributed by atoms with Gasteiger partial charge >= 0.3 is 4.87 Å². The highest BCUT2D eigenvalue weighted by Crippen LogP contribution is 2.31. The van der Waals surface area contributed by atoms with Crippen LogP contribution < -0.4 is 9.60 Å². The lowest BCUT2D eigenvalue weighted by atomic mass is 9.94. The molecular formula is C12H16N4O3S2. The van der Waals surface area contributed by atoms with Crippen LogP contribution in [0.25, 0.3) is 0 Å². The smallest absolute Gasteiger partial charge is 0.305 e. The molecule has 2 aromatic rings. The van der Waals surface area contributed by atoms with Crippen molar-refractivity contribution in [2.24, 2.45) is 7.05 Å². The van der Waals surface area contributed by atoms with Crippen molar-refractivity contribution in [3.63, 3.8) is 0 Å². The van der Waals surface area contributed by atoms with E-state index in [1.54, 1.807) is 17.8 Å². The largest absolute Gasteiger partial charge is 0.315 e. The fourth-order valence-electron chi connectivity index (χ4n) is 2.72. The Hall–Kier alpha value is -1.45. The molecule has 21 heavy (non-hydrogen) atoms. The van der Waals surface area contributed by atoms with E-state index in [0.717, 1.165) is 30.5 Å². The Morgan fingerprint density at radius 2 is 2.29 bits per heavy atom. The van der Waals surface area contributed by atoms with Crippen LogP contribution in [0, 0.1) is 6.92 Å². The van der Waals surface area contributed by atoms with Crippen molar-refractivity contribution in [2.75, 3.05) is 0 Å². The predicted molar refractivity (Wildman–Crippen MR) is 78.9 cm³/mol. The number of aryl methyl sites for hydroxylation is 2. The molecule has 0 aromatic carbocycles. The van der Waals surface area contributed by atoms with Gasteiger partial charge in [-0.3, -0.25) is 9.48 Å². The molecule has 0 aliphatic heterocycles. The van der Waals surface area contributed by atoms with Crippen LogP contribution in [0.1, 0.15) is 35.8 Å². The van der Waals surface area contributed by atoms with Crippen LogP contribution in [0.3, 0.4) is 0 Å². The third kappa shape index (κ3) is 2.56. The maximum Gasteiger partial charge on any atom is 0.305 e. The molecule has 0 amide bonds. The predicted octanol–water partition coefficient (Wildman–Crippen LogP) is 0.834. The highest BCUT2D eigenvalue weighted by Gasteiger charge is 2.29. The molecular weight excluding hydrogens is 312 g/mol. The van der Waals surface area contributed by atoms with Crippen LogP contribution in [0.15, 0.2) is 15.2 Å². The van der Waals surface area contributed by atoms with Gasteiger partial charge in [-0.05, 0) is 26.2 Å². The fraction of sp³-hybridized carbons (Fsp3) is 0.500. The van der Waals surface area contributed by atoms with Gasteiger partial charge in [-0.15, -0.1) is 0 Å². The lowest BCUT2D eigenvalue weighted by molar-refractivity contribution is 0.498. The summed E-state index contributed by atoms with van der Waals surface area (Å²) in [6.45, 7) is 1.59. The molecule has 1 aliphatic carbocycles. The van der Waals surface area contributed by atoms with Crippen molar-refractivity contribution < 1.29 is 8.42 Å². The summed E-state index contributed by atoms with van der Waals surface area (Å²) in [5, 5.41) is 4.20. The number of thiazole rings is 1. The van der Waals surface area contributed by atoms with E-state index in [0.29, 0.717) is 17.0 Å². The third-order valence-electron chi connectivity index (χ3n) is 3.70. The van der Waals surface area contributed by atoms with Gasteiger partial charge in [0.2, 0.25) is 0 Å². The van der Waals surface area contributed by atoms with Crippen molar-refractivity contribution in [2.45, 2.75) is 36.4 Å². The van der Waals surface area contributed by atoms with E-state index in [2.05, 4.69) is 14.8 Å². The molecule has 114 valence electrons. The summed E-state index contributed by atoms with van der Waals surface area (Å²) in [6.07, 6.45) is 4.26. The molecule has 0 spiro atoms. The molecule has 0 saturated carbocycles. The lowest BCUT2D eigenvalue weighted by Crippen LogP contribution is -2.31. The van der Waals surface area contributed by atoms with Crippen molar-refractivity contribution >= 4 is 21.4 Å². The summed E-state index contributed by atoms with van der Waals surface area (Å²) < 4.78 is 29.5. The van der Waals surface area contributed by atoms with Gasteiger partial charge in [-0.2, -0.15) is 5.10 Å². The van der Waals surface area contributed by atoms with Gasteiger partial charge in [0.1, 0.15) is 0 Å². The number of aromatic amines is 1. The highest BCUT2D eigenvalue weighted by atomic mass is 32.2. The summed E-state index contributed by atoms with van der Waals surface area (Å²) in [5.41, 5.74) is 2.36. The Balaban J connectivity index is 1.94. The zero-order valence-corrected chi connectivity index (χ0v) is 13.3. The lowest BCUT2D eigenvalue weighted by Gasteiger charge is -2.23. The number of rotatable bonds is 3. The Morgan fingerprint density at radius 3 is 2.95 bits per heavy atom. The molecule has 1 atom stereocenters. The second kappa shape index (κ2) is 5.08. The van der Waals surface area contributed by atoms with Crippen LogP contribution in [0.5, 0.6) is 0 Å². The number of fused-ring (bicyclic) bond motifs is 1. The van der Waals surface area contributed by atoms with E-state index in [1.807, 2.05) is 7.05 Å². The summed E-state index contributed by atoms with van der Waals surface area (Å²) >= 11 is 0.714. The Kier molecular flexibility index (Phi) is 3.50. The number of sulfonamides is 1. The second-order valence-electron chi connectivity index (χ2n) is 5.16. The standard InChI is InChI=1S/C12H16N4O3S2/c1-7-11(20-12(17)14-7)21(18,19)15-9-4-3-5-10-8(9)6-13-16(10)2/h6,9,15H,3-5H2,1-2H3,(H,14,17). The van der Waals surface area contributed by atoms with E-state index in [1.165, 1.54) is 0 Å². The average Bonchev–Trinajstić information content (AvgIpc) is 2.94. The topological polar surface area (TPSA) is 96.8 Å².